The van der Waals surface area contributed by atoms with Gasteiger partial charge in [0, 0.05) is 11.5 Å². The van der Waals surface area contributed by atoms with Crippen molar-refractivity contribution in [2.45, 2.75) is 20.8 Å². The molecule has 0 saturated carbocycles. The molecule has 2 aromatic heterocycles. The quantitative estimate of drug-likeness (QED) is 0.539. The van der Waals surface area contributed by atoms with E-state index in [1.54, 1.807) is 0 Å². The number of rotatable bonds is 2. The highest BCUT2D eigenvalue weighted by Gasteiger charge is 2.12. The molecule has 0 saturated heterocycles. The van der Waals surface area contributed by atoms with Gasteiger partial charge in [0.05, 0.1) is 23.2 Å². The Morgan fingerprint density at radius 1 is 1.23 bits per heavy atom. The monoisotopic (exact) mass is 351 g/mol. The second-order valence-electron chi connectivity index (χ2n) is 5.77. The summed E-state index contributed by atoms with van der Waals surface area (Å²) in [6.07, 6.45) is 1.10. The molecule has 0 radical (unpaired) electrons. The average Bonchev–Trinajstić information content (AvgIpc) is 2.53. The molecule has 1 aromatic carbocycles. The number of aromatic nitrogens is 2. The second-order valence-corrected chi connectivity index (χ2v) is 5.77. The second kappa shape index (κ2) is 6.75. The summed E-state index contributed by atoms with van der Waals surface area (Å²) in [7, 11) is 0. The zero-order valence-corrected chi connectivity index (χ0v) is 14.5. The molecule has 8 heteroatoms. The van der Waals surface area contributed by atoms with Gasteiger partial charge in [0.15, 0.2) is 0 Å². The van der Waals surface area contributed by atoms with Gasteiger partial charge in [-0.05, 0) is 32.4 Å². The van der Waals surface area contributed by atoms with Gasteiger partial charge in [0.25, 0.3) is 5.95 Å². The molecular weight excluding hydrogens is 334 g/mol. The summed E-state index contributed by atoms with van der Waals surface area (Å²) in [6.45, 7) is 5.35. The molecule has 26 heavy (non-hydrogen) atoms. The minimum Gasteiger partial charge on any atom is -0.507 e. The minimum atomic E-state index is -0.715. The van der Waals surface area contributed by atoms with Crippen LogP contribution < -0.4 is 11.4 Å². The molecule has 2 heterocycles. The van der Waals surface area contributed by atoms with Crippen molar-refractivity contribution < 1.29 is 9.52 Å². The molecule has 0 spiro atoms. The van der Waals surface area contributed by atoms with Gasteiger partial charge < -0.3 is 15.3 Å². The van der Waals surface area contributed by atoms with E-state index in [0.717, 1.165) is 28.4 Å². The summed E-state index contributed by atoms with van der Waals surface area (Å²) in [4.78, 5) is 28.5. The standard InChI is InChI=1S/C18H17N5O3/c1-9-4-5-12-10(2)21-18(22-13(12)8-9)23-17(19)20-11(3)15-14(24)6-7-26-16(15)25/h4-8,24H,1-3H3,(H2,19,21,22,23). The Morgan fingerprint density at radius 2 is 2.00 bits per heavy atom. The van der Waals surface area contributed by atoms with Crippen molar-refractivity contribution in [1.29, 1.82) is 0 Å². The van der Waals surface area contributed by atoms with Crippen molar-refractivity contribution in [3.63, 3.8) is 0 Å². The number of benzene rings is 1. The molecule has 3 rings (SSSR count). The summed E-state index contributed by atoms with van der Waals surface area (Å²) < 4.78 is 4.73. The Morgan fingerprint density at radius 3 is 2.73 bits per heavy atom. The van der Waals surface area contributed by atoms with Crippen molar-refractivity contribution >= 4 is 28.5 Å². The Kier molecular flexibility index (Phi) is 4.49. The summed E-state index contributed by atoms with van der Waals surface area (Å²) in [5.41, 5.74) is 7.81. The molecule has 0 aliphatic rings. The topological polar surface area (TPSA) is 127 Å². The van der Waals surface area contributed by atoms with Crippen molar-refractivity contribution in [1.82, 2.24) is 9.97 Å². The number of nitrogens with zero attached hydrogens (tertiary/aromatic N) is 4. The molecule has 3 N–H and O–H groups in total. The molecule has 0 fully saturated rings. The van der Waals surface area contributed by atoms with Gasteiger partial charge in [-0.25, -0.2) is 19.8 Å². The van der Waals surface area contributed by atoms with Gasteiger partial charge in [-0.15, -0.1) is 0 Å². The van der Waals surface area contributed by atoms with E-state index in [1.165, 1.54) is 13.0 Å². The van der Waals surface area contributed by atoms with Gasteiger partial charge in [-0.3, -0.25) is 0 Å². The largest absolute Gasteiger partial charge is 0.507 e. The zero-order valence-electron chi connectivity index (χ0n) is 14.5. The normalized spacial score (nSPS) is 12.6. The maximum atomic E-state index is 11.7. The van der Waals surface area contributed by atoms with Crippen LogP contribution in [-0.4, -0.2) is 26.7 Å². The fourth-order valence-corrected chi connectivity index (χ4v) is 2.53. The van der Waals surface area contributed by atoms with Crippen molar-refractivity contribution in [3.8, 4) is 5.75 Å². The summed E-state index contributed by atoms with van der Waals surface area (Å²) in [5, 5.41) is 10.7. The van der Waals surface area contributed by atoms with Crippen LogP contribution in [0.1, 0.15) is 23.7 Å². The maximum Gasteiger partial charge on any atom is 0.348 e. The van der Waals surface area contributed by atoms with Crippen molar-refractivity contribution in [2.24, 2.45) is 15.7 Å². The molecular formula is C18H17N5O3. The van der Waals surface area contributed by atoms with Crippen LogP contribution in [0.5, 0.6) is 5.75 Å². The number of guanidine groups is 1. The van der Waals surface area contributed by atoms with E-state index in [9.17, 15) is 9.90 Å². The predicted molar refractivity (Wildman–Crippen MR) is 99.1 cm³/mol. The number of nitrogens with two attached hydrogens (primary N) is 1. The smallest absolute Gasteiger partial charge is 0.348 e. The van der Waals surface area contributed by atoms with Gasteiger partial charge in [-0.1, -0.05) is 12.1 Å². The summed E-state index contributed by atoms with van der Waals surface area (Å²) >= 11 is 0. The molecule has 0 bridgehead atoms. The van der Waals surface area contributed by atoms with Crippen LogP contribution in [0.3, 0.4) is 0 Å². The lowest BCUT2D eigenvalue weighted by molar-refractivity contribution is 0.445. The van der Waals surface area contributed by atoms with Gasteiger partial charge in [0.1, 0.15) is 11.3 Å². The molecule has 0 aliphatic heterocycles. The number of aromatic hydroxyl groups is 1. The number of aliphatic imine (C=N–C) groups is 2. The van der Waals surface area contributed by atoms with Crippen molar-refractivity contribution in [3.05, 3.63) is 57.8 Å². The van der Waals surface area contributed by atoms with Crippen LogP contribution in [0.2, 0.25) is 0 Å². The van der Waals surface area contributed by atoms with E-state index in [4.69, 9.17) is 10.2 Å². The minimum absolute atomic E-state index is 0.0723. The van der Waals surface area contributed by atoms with Crippen molar-refractivity contribution in [2.75, 3.05) is 0 Å². The lowest BCUT2D eigenvalue weighted by Gasteiger charge is -2.04. The van der Waals surface area contributed by atoms with Gasteiger partial charge in [0.2, 0.25) is 5.96 Å². The number of fused-ring (bicyclic) bond motifs is 1. The van der Waals surface area contributed by atoms with E-state index in [-0.39, 0.29) is 28.9 Å². The third kappa shape index (κ3) is 3.44. The SMILES string of the molecule is CC(=NC(N)=Nc1nc(C)c2ccc(C)cc2n1)c1c(O)ccoc1=O. The van der Waals surface area contributed by atoms with E-state index in [1.807, 2.05) is 32.0 Å². The fraction of sp³-hybridized carbons (Fsp3) is 0.167. The highest BCUT2D eigenvalue weighted by Crippen LogP contribution is 2.20. The first kappa shape index (κ1) is 17.3. The van der Waals surface area contributed by atoms with E-state index in [0.29, 0.717) is 0 Å². The van der Waals surface area contributed by atoms with Crippen LogP contribution in [-0.2, 0) is 0 Å². The van der Waals surface area contributed by atoms with Crippen LogP contribution in [0.15, 0.2) is 49.7 Å². The first-order chi connectivity index (χ1) is 12.3. The fourth-order valence-electron chi connectivity index (χ4n) is 2.53. The van der Waals surface area contributed by atoms with Crippen LogP contribution in [0.4, 0.5) is 5.95 Å². The van der Waals surface area contributed by atoms with Gasteiger partial charge >= 0.3 is 5.63 Å². The molecule has 0 unspecified atom stereocenters. The molecule has 0 aliphatic carbocycles. The Bertz CT molecular complexity index is 1120. The third-order valence-corrected chi connectivity index (χ3v) is 3.75. The Labute approximate surface area is 148 Å². The summed E-state index contributed by atoms with van der Waals surface area (Å²) in [5.74, 6) is -0.223. The van der Waals surface area contributed by atoms with Crippen LogP contribution >= 0.6 is 0 Å². The Hall–Kier alpha value is -3.55. The van der Waals surface area contributed by atoms with E-state index >= 15 is 0 Å². The molecule has 8 nitrogen and oxygen atoms in total. The average molecular weight is 351 g/mol. The molecule has 0 amide bonds. The van der Waals surface area contributed by atoms with Gasteiger partial charge in [-0.2, -0.15) is 4.99 Å². The highest BCUT2D eigenvalue weighted by atomic mass is 16.4. The van der Waals surface area contributed by atoms with E-state index < -0.39 is 5.63 Å². The number of hydrogen-bond acceptors (Lipinski definition) is 6. The maximum absolute atomic E-state index is 11.7. The number of hydrogen-bond donors (Lipinski definition) is 2. The molecule has 0 atom stereocenters. The molecule has 132 valence electrons. The van der Waals surface area contributed by atoms with E-state index in [2.05, 4.69) is 20.0 Å². The summed E-state index contributed by atoms with van der Waals surface area (Å²) in [6, 6.07) is 7.13. The lowest BCUT2D eigenvalue weighted by atomic mass is 10.1. The lowest BCUT2D eigenvalue weighted by Crippen LogP contribution is -2.16. The first-order valence-corrected chi connectivity index (χ1v) is 7.81. The Balaban J connectivity index is 2.02. The first-order valence-electron chi connectivity index (χ1n) is 7.81. The third-order valence-electron chi connectivity index (χ3n) is 3.75. The highest BCUT2D eigenvalue weighted by molar-refractivity contribution is 6.06. The predicted octanol–water partition coefficient (Wildman–Crippen LogP) is 2.36. The number of aryl methyl sites for hydroxylation is 2. The molecule has 3 aromatic rings. The van der Waals surface area contributed by atoms with Crippen LogP contribution in [0.25, 0.3) is 10.9 Å². The zero-order chi connectivity index (χ0) is 18.8. The van der Waals surface area contributed by atoms with Crippen LogP contribution in [0, 0.1) is 13.8 Å².